The van der Waals surface area contributed by atoms with Gasteiger partial charge in [-0.3, -0.25) is 9.59 Å². The highest BCUT2D eigenvalue weighted by Gasteiger charge is 2.50. The molecule has 4 nitrogen and oxygen atoms in total. The second-order valence-electron chi connectivity index (χ2n) is 5.41. The zero-order valence-electron chi connectivity index (χ0n) is 12.4. The topological polar surface area (TPSA) is 70.0 Å². The van der Waals surface area contributed by atoms with Crippen LogP contribution >= 0.6 is 11.8 Å². The molecule has 110 valence electrons. The molecular weight excluding hydrogens is 284 g/mol. The van der Waals surface area contributed by atoms with Crippen LogP contribution in [0.4, 0.5) is 5.69 Å². The Balaban J connectivity index is 2.57. The van der Waals surface area contributed by atoms with Crippen LogP contribution in [0.2, 0.25) is 0 Å². The molecule has 5 heteroatoms. The van der Waals surface area contributed by atoms with E-state index in [0.29, 0.717) is 17.7 Å². The van der Waals surface area contributed by atoms with Crippen molar-refractivity contribution in [2.24, 2.45) is 0 Å². The van der Waals surface area contributed by atoms with Gasteiger partial charge >= 0.3 is 0 Å². The quantitative estimate of drug-likeness (QED) is 0.681. The highest BCUT2D eigenvalue weighted by atomic mass is 32.2. The summed E-state index contributed by atoms with van der Waals surface area (Å²) in [4.78, 5) is 25.4. The lowest BCUT2D eigenvalue weighted by Crippen LogP contribution is -2.50. The normalized spacial score (nSPS) is 20.7. The van der Waals surface area contributed by atoms with Gasteiger partial charge in [-0.2, -0.15) is 5.26 Å². The van der Waals surface area contributed by atoms with E-state index in [2.05, 4.69) is 5.32 Å². The zero-order chi connectivity index (χ0) is 15.6. The number of benzene rings is 1. The molecule has 1 heterocycles. The lowest BCUT2D eigenvalue weighted by atomic mass is 9.84. The molecule has 1 N–H and O–H groups in total. The Morgan fingerprint density at radius 1 is 1.33 bits per heavy atom. The number of nitrogens with zero attached hydrogens (tertiary/aromatic N) is 1. The Labute approximate surface area is 128 Å². The fourth-order valence-corrected chi connectivity index (χ4v) is 3.51. The molecule has 0 radical (unpaired) electrons. The summed E-state index contributed by atoms with van der Waals surface area (Å²) in [6.45, 7) is 5.79. The van der Waals surface area contributed by atoms with Gasteiger partial charge in [0.05, 0.1) is 5.69 Å². The van der Waals surface area contributed by atoms with Gasteiger partial charge < -0.3 is 5.32 Å². The number of thioether (sulfide) groups is 1. The molecule has 1 aromatic carbocycles. The van der Waals surface area contributed by atoms with Crippen LogP contribution in [0.25, 0.3) is 0 Å². The Hall–Kier alpha value is -1.80. The van der Waals surface area contributed by atoms with Crippen LogP contribution in [0, 0.1) is 24.5 Å². The van der Waals surface area contributed by atoms with Crippen molar-refractivity contribution in [1.29, 1.82) is 5.26 Å². The van der Waals surface area contributed by atoms with Crippen LogP contribution in [-0.4, -0.2) is 16.4 Å². The number of hydrogen-bond donors (Lipinski definition) is 1. The molecule has 21 heavy (non-hydrogen) atoms. The number of amides is 1. The molecule has 2 rings (SSSR count). The van der Waals surface area contributed by atoms with Gasteiger partial charge in [0, 0.05) is 5.56 Å². The summed E-state index contributed by atoms with van der Waals surface area (Å²) in [5, 5.41) is 13.8. The summed E-state index contributed by atoms with van der Waals surface area (Å²) in [5.41, 5.74) is 2.94. The molecule has 1 aliphatic heterocycles. The predicted molar refractivity (Wildman–Crippen MR) is 84.3 cm³/mol. The summed E-state index contributed by atoms with van der Waals surface area (Å²) in [6.07, 6.45) is 1.99. The highest BCUT2D eigenvalue weighted by molar-refractivity contribution is 8.06. The number of thiocyanates is 1. The van der Waals surface area contributed by atoms with Crippen molar-refractivity contribution in [2.75, 3.05) is 5.32 Å². The van der Waals surface area contributed by atoms with E-state index in [9.17, 15) is 9.59 Å². The second-order valence-corrected chi connectivity index (χ2v) is 6.50. The van der Waals surface area contributed by atoms with E-state index in [4.69, 9.17) is 5.26 Å². The number of aryl methyl sites for hydroxylation is 2. The Kier molecular flexibility index (Phi) is 4.38. The molecule has 0 spiro atoms. The maximum atomic E-state index is 12.9. The fourth-order valence-electron chi connectivity index (χ4n) is 2.77. The summed E-state index contributed by atoms with van der Waals surface area (Å²) >= 11 is 0.776. The van der Waals surface area contributed by atoms with E-state index in [1.807, 2.05) is 32.2 Å². The Morgan fingerprint density at radius 2 is 2.05 bits per heavy atom. The molecule has 0 saturated heterocycles. The largest absolute Gasteiger partial charge is 0.324 e. The number of anilines is 1. The van der Waals surface area contributed by atoms with Gasteiger partial charge in [-0.1, -0.05) is 25.8 Å². The van der Waals surface area contributed by atoms with Gasteiger partial charge in [-0.05, 0) is 49.2 Å². The first-order valence-corrected chi connectivity index (χ1v) is 7.82. The molecule has 0 aromatic heterocycles. The predicted octanol–water partition coefficient (Wildman–Crippen LogP) is 3.58. The van der Waals surface area contributed by atoms with Gasteiger partial charge in [0.15, 0.2) is 10.5 Å². The average Bonchev–Trinajstić information content (AvgIpc) is 2.41. The average molecular weight is 302 g/mol. The maximum absolute atomic E-state index is 12.9. The molecule has 0 bridgehead atoms. The summed E-state index contributed by atoms with van der Waals surface area (Å²) in [5.74, 6) is -0.608. The monoisotopic (exact) mass is 302 g/mol. The number of nitriles is 1. The number of carbonyl (C=O) groups is 2. The SMILES string of the molecule is CCCCC1(SC#N)C(=O)Nc2cc(C)cc(C)c2C1=O. The fraction of sp³-hybridized carbons (Fsp3) is 0.438. The van der Waals surface area contributed by atoms with Crippen molar-refractivity contribution >= 4 is 29.1 Å². The number of ketones is 1. The van der Waals surface area contributed by atoms with Crippen molar-refractivity contribution in [3.8, 4) is 5.40 Å². The molecule has 0 saturated carbocycles. The van der Waals surface area contributed by atoms with Crippen LogP contribution < -0.4 is 5.32 Å². The molecule has 0 aliphatic carbocycles. The molecule has 1 aliphatic rings. The van der Waals surface area contributed by atoms with Crippen molar-refractivity contribution in [2.45, 2.75) is 44.8 Å². The highest BCUT2D eigenvalue weighted by Crippen LogP contribution is 2.41. The third-order valence-corrected chi connectivity index (χ3v) is 4.81. The number of fused-ring (bicyclic) bond motifs is 1. The number of unbranched alkanes of at least 4 members (excludes halogenated alkanes) is 1. The molecular formula is C16H18N2O2S. The minimum atomic E-state index is -1.31. The third kappa shape index (κ3) is 2.56. The van der Waals surface area contributed by atoms with E-state index in [0.717, 1.165) is 35.7 Å². The molecule has 1 amide bonds. The third-order valence-electron chi connectivity index (χ3n) is 3.79. The lowest BCUT2D eigenvalue weighted by Gasteiger charge is -2.33. The number of rotatable bonds is 4. The summed E-state index contributed by atoms with van der Waals surface area (Å²) in [7, 11) is 0. The van der Waals surface area contributed by atoms with Crippen molar-refractivity contribution < 1.29 is 9.59 Å². The number of nitrogens with one attached hydrogen (secondary N) is 1. The van der Waals surface area contributed by atoms with Crippen molar-refractivity contribution in [1.82, 2.24) is 0 Å². The Bertz CT molecular complexity index is 648. The van der Waals surface area contributed by atoms with Crippen LogP contribution in [0.5, 0.6) is 0 Å². The molecule has 1 unspecified atom stereocenters. The number of Topliss-reactive ketones (excluding diaryl/α,β-unsaturated/α-hetero) is 1. The maximum Gasteiger partial charge on any atom is 0.249 e. The van der Waals surface area contributed by atoms with Gasteiger partial charge in [0.1, 0.15) is 5.40 Å². The minimum absolute atomic E-state index is 0.237. The van der Waals surface area contributed by atoms with E-state index in [1.165, 1.54) is 0 Å². The van der Waals surface area contributed by atoms with Gasteiger partial charge in [-0.15, -0.1) is 0 Å². The van der Waals surface area contributed by atoms with Crippen molar-refractivity contribution in [3.63, 3.8) is 0 Å². The van der Waals surface area contributed by atoms with E-state index in [1.54, 1.807) is 6.07 Å². The van der Waals surface area contributed by atoms with E-state index in [-0.39, 0.29) is 11.7 Å². The summed E-state index contributed by atoms with van der Waals surface area (Å²) in [6, 6.07) is 3.73. The van der Waals surface area contributed by atoms with Crippen LogP contribution in [0.3, 0.4) is 0 Å². The standard InChI is InChI=1S/C16H18N2O2S/c1-4-5-6-16(21-9-17)14(19)13-11(3)7-10(2)8-12(13)18-15(16)20/h7-8H,4-6H2,1-3H3,(H,18,20). The first-order valence-electron chi connectivity index (χ1n) is 7.01. The summed E-state index contributed by atoms with van der Waals surface area (Å²) < 4.78 is -1.31. The van der Waals surface area contributed by atoms with Gasteiger partial charge in [-0.25, -0.2) is 0 Å². The first kappa shape index (κ1) is 15.6. The lowest BCUT2D eigenvalue weighted by molar-refractivity contribution is -0.117. The minimum Gasteiger partial charge on any atom is -0.324 e. The number of carbonyl (C=O) groups excluding carboxylic acids is 2. The van der Waals surface area contributed by atoms with Crippen LogP contribution in [0.1, 0.15) is 47.7 Å². The Morgan fingerprint density at radius 3 is 2.67 bits per heavy atom. The van der Waals surface area contributed by atoms with Crippen molar-refractivity contribution in [3.05, 3.63) is 28.8 Å². The number of hydrogen-bond acceptors (Lipinski definition) is 4. The smallest absolute Gasteiger partial charge is 0.249 e. The molecule has 1 aromatic rings. The van der Waals surface area contributed by atoms with Gasteiger partial charge in [0.25, 0.3) is 0 Å². The van der Waals surface area contributed by atoms with Gasteiger partial charge in [0.2, 0.25) is 5.91 Å². The van der Waals surface area contributed by atoms with Crippen LogP contribution in [-0.2, 0) is 4.79 Å². The first-order chi connectivity index (χ1) is 9.96. The zero-order valence-corrected chi connectivity index (χ0v) is 13.3. The van der Waals surface area contributed by atoms with E-state index < -0.39 is 4.75 Å². The molecule has 1 atom stereocenters. The molecule has 0 fully saturated rings. The van der Waals surface area contributed by atoms with E-state index >= 15 is 0 Å². The second kappa shape index (κ2) is 5.90. The van der Waals surface area contributed by atoms with Crippen LogP contribution in [0.15, 0.2) is 12.1 Å².